The molecule has 0 aliphatic heterocycles. The second-order valence-electron chi connectivity index (χ2n) is 2.84. The van der Waals surface area contributed by atoms with Crippen LogP contribution in [0.4, 0.5) is 0 Å². The quantitative estimate of drug-likeness (QED) is 0.319. The van der Waals surface area contributed by atoms with E-state index >= 15 is 0 Å². The van der Waals surface area contributed by atoms with Gasteiger partial charge < -0.3 is 10.9 Å². The van der Waals surface area contributed by atoms with Gasteiger partial charge in [-0.25, -0.2) is 4.68 Å². The summed E-state index contributed by atoms with van der Waals surface area (Å²) in [5.74, 6) is -0.0241. The standard InChI is InChI=1S/C9H9N5O/c10-9(13-15)8-6-7(2-4-11-8)14-5-1-3-12-14/h1-6,15H,(H2,10,13). The number of hydrogen-bond donors (Lipinski definition) is 2. The Bertz CT molecular complexity index is 477. The molecule has 0 aliphatic carbocycles. The zero-order valence-corrected chi connectivity index (χ0v) is 7.78. The Morgan fingerprint density at radius 2 is 2.33 bits per heavy atom. The fourth-order valence-electron chi connectivity index (χ4n) is 1.17. The third kappa shape index (κ3) is 1.78. The van der Waals surface area contributed by atoms with Crippen molar-refractivity contribution in [3.63, 3.8) is 0 Å². The van der Waals surface area contributed by atoms with Crippen LogP contribution in [0.25, 0.3) is 5.69 Å². The number of pyridine rings is 1. The van der Waals surface area contributed by atoms with Crippen molar-refractivity contribution in [2.45, 2.75) is 0 Å². The Morgan fingerprint density at radius 3 is 3.00 bits per heavy atom. The maximum Gasteiger partial charge on any atom is 0.188 e. The van der Waals surface area contributed by atoms with E-state index in [4.69, 9.17) is 10.9 Å². The number of aromatic nitrogens is 3. The molecule has 0 aromatic carbocycles. The van der Waals surface area contributed by atoms with Gasteiger partial charge in [0.15, 0.2) is 5.84 Å². The molecule has 76 valence electrons. The van der Waals surface area contributed by atoms with E-state index < -0.39 is 0 Å². The number of nitrogens with zero attached hydrogens (tertiary/aromatic N) is 4. The Hall–Kier alpha value is -2.37. The molecular formula is C9H9N5O. The maximum atomic E-state index is 8.51. The van der Waals surface area contributed by atoms with E-state index in [0.29, 0.717) is 5.69 Å². The van der Waals surface area contributed by atoms with Crippen LogP contribution in [0.3, 0.4) is 0 Å². The molecule has 0 fully saturated rings. The van der Waals surface area contributed by atoms with Gasteiger partial charge in [0.05, 0.1) is 5.69 Å². The topological polar surface area (TPSA) is 89.3 Å². The molecule has 0 radical (unpaired) electrons. The van der Waals surface area contributed by atoms with Crippen molar-refractivity contribution in [3.05, 3.63) is 42.5 Å². The molecule has 0 saturated heterocycles. The monoisotopic (exact) mass is 203 g/mol. The summed E-state index contributed by atoms with van der Waals surface area (Å²) in [6.45, 7) is 0. The molecule has 2 heterocycles. The van der Waals surface area contributed by atoms with E-state index in [0.717, 1.165) is 5.69 Å². The summed E-state index contributed by atoms with van der Waals surface area (Å²) >= 11 is 0. The van der Waals surface area contributed by atoms with Crippen LogP contribution >= 0.6 is 0 Å². The molecule has 0 unspecified atom stereocenters. The van der Waals surface area contributed by atoms with Crippen LogP contribution in [0.15, 0.2) is 41.9 Å². The molecule has 2 aromatic heterocycles. The molecule has 0 spiro atoms. The molecule has 0 atom stereocenters. The SMILES string of the molecule is NC(=NO)c1cc(-n2cccn2)ccn1. The first-order chi connectivity index (χ1) is 7.31. The smallest absolute Gasteiger partial charge is 0.188 e. The largest absolute Gasteiger partial charge is 0.409 e. The van der Waals surface area contributed by atoms with E-state index in [2.05, 4.69) is 15.2 Å². The highest BCUT2D eigenvalue weighted by molar-refractivity contribution is 5.95. The van der Waals surface area contributed by atoms with Crippen molar-refractivity contribution in [3.8, 4) is 5.69 Å². The average Bonchev–Trinajstić information content (AvgIpc) is 2.82. The average molecular weight is 203 g/mol. The first kappa shape index (κ1) is 9.20. The fourth-order valence-corrected chi connectivity index (χ4v) is 1.17. The minimum absolute atomic E-state index is 0.0241. The van der Waals surface area contributed by atoms with Gasteiger partial charge in [-0.1, -0.05) is 5.16 Å². The maximum absolute atomic E-state index is 8.51. The molecule has 2 rings (SSSR count). The summed E-state index contributed by atoms with van der Waals surface area (Å²) in [7, 11) is 0. The van der Waals surface area contributed by atoms with Crippen LogP contribution in [-0.4, -0.2) is 25.8 Å². The lowest BCUT2D eigenvalue weighted by Gasteiger charge is -2.02. The van der Waals surface area contributed by atoms with Crippen molar-refractivity contribution < 1.29 is 5.21 Å². The number of hydrogen-bond acceptors (Lipinski definition) is 4. The summed E-state index contributed by atoms with van der Waals surface area (Å²) in [6.07, 6.45) is 5.04. The lowest BCUT2D eigenvalue weighted by molar-refractivity contribution is 0.318. The van der Waals surface area contributed by atoms with E-state index in [1.54, 1.807) is 35.4 Å². The minimum atomic E-state index is -0.0241. The molecule has 0 aliphatic rings. The summed E-state index contributed by atoms with van der Waals surface area (Å²) < 4.78 is 1.66. The summed E-state index contributed by atoms with van der Waals surface area (Å²) in [6, 6.07) is 5.27. The van der Waals surface area contributed by atoms with Gasteiger partial charge in [-0.2, -0.15) is 5.10 Å². The van der Waals surface area contributed by atoms with Crippen molar-refractivity contribution >= 4 is 5.84 Å². The number of oxime groups is 1. The minimum Gasteiger partial charge on any atom is -0.409 e. The van der Waals surface area contributed by atoms with Crippen molar-refractivity contribution in [1.82, 2.24) is 14.8 Å². The van der Waals surface area contributed by atoms with E-state index in [-0.39, 0.29) is 5.84 Å². The van der Waals surface area contributed by atoms with Gasteiger partial charge in [-0.3, -0.25) is 4.98 Å². The first-order valence-corrected chi connectivity index (χ1v) is 4.25. The number of rotatable bonds is 2. The normalized spacial score (nSPS) is 11.6. The second-order valence-corrected chi connectivity index (χ2v) is 2.84. The van der Waals surface area contributed by atoms with E-state index in [1.165, 1.54) is 0 Å². The fraction of sp³-hybridized carbons (Fsp3) is 0. The molecule has 15 heavy (non-hydrogen) atoms. The van der Waals surface area contributed by atoms with Crippen LogP contribution in [0.2, 0.25) is 0 Å². The van der Waals surface area contributed by atoms with Crippen molar-refractivity contribution in [1.29, 1.82) is 0 Å². The van der Waals surface area contributed by atoms with Crippen LogP contribution < -0.4 is 5.73 Å². The Balaban J connectivity index is 2.44. The van der Waals surface area contributed by atoms with Gasteiger partial charge in [0, 0.05) is 18.6 Å². The second kappa shape index (κ2) is 3.79. The molecule has 3 N–H and O–H groups in total. The molecule has 6 nitrogen and oxygen atoms in total. The van der Waals surface area contributed by atoms with Gasteiger partial charge >= 0.3 is 0 Å². The third-order valence-electron chi connectivity index (χ3n) is 1.88. The Morgan fingerprint density at radius 1 is 1.47 bits per heavy atom. The molecular weight excluding hydrogens is 194 g/mol. The highest BCUT2D eigenvalue weighted by Gasteiger charge is 2.03. The van der Waals surface area contributed by atoms with Gasteiger partial charge in [0.2, 0.25) is 0 Å². The van der Waals surface area contributed by atoms with Gasteiger partial charge in [-0.15, -0.1) is 0 Å². The van der Waals surface area contributed by atoms with Crippen LogP contribution in [0, 0.1) is 0 Å². The highest BCUT2D eigenvalue weighted by Crippen LogP contribution is 2.06. The van der Waals surface area contributed by atoms with Gasteiger partial charge in [-0.05, 0) is 18.2 Å². The molecule has 2 aromatic rings. The summed E-state index contributed by atoms with van der Waals surface area (Å²) in [5.41, 5.74) is 6.63. The van der Waals surface area contributed by atoms with Gasteiger partial charge in [0.25, 0.3) is 0 Å². The lowest BCUT2D eigenvalue weighted by Crippen LogP contribution is -2.15. The van der Waals surface area contributed by atoms with Crippen LogP contribution in [0.5, 0.6) is 0 Å². The zero-order valence-electron chi connectivity index (χ0n) is 7.78. The highest BCUT2D eigenvalue weighted by atomic mass is 16.4. The molecule has 0 amide bonds. The third-order valence-corrected chi connectivity index (χ3v) is 1.88. The predicted molar refractivity (Wildman–Crippen MR) is 53.9 cm³/mol. The van der Waals surface area contributed by atoms with Crippen molar-refractivity contribution in [2.24, 2.45) is 10.9 Å². The predicted octanol–water partition coefficient (Wildman–Crippen LogP) is 0.362. The van der Waals surface area contributed by atoms with Gasteiger partial charge in [0.1, 0.15) is 5.69 Å². The molecule has 0 saturated carbocycles. The number of nitrogens with two attached hydrogens (primary N) is 1. The number of amidine groups is 1. The molecule has 6 heteroatoms. The van der Waals surface area contributed by atoms with E-state index in [1.807, 2.05) is 6.07 Å². The Kier molecular flexibility index (Phi) is 2.32. The first-order valence-electron chi connectivity index (χ1n) is 4.25. The lowest BCUT2D eigenvalue weighted by atomic mass is 10.3. The Labute approximate surface area is 85.7 Å². The van der Waals surface area contributed by atoms with Crippen molar-refractivity contribution in [2.75, 3.05) is 0 Å². The zero-order chi connectivity index (χ0) is 10.7. The van der Waals surface area contributed by atoms with Crippen LogP contribution in [-0.2, 0) is 0 Å². The molecule has 0 bridgehead atoms. The summed E-state index contributed by atoms with van der Waals surface area (Å²) in [4.78, 5) is 3.96. The summed E-state index contributed by atoms with van der Waals surface area (Å²) in [5, 5.41) is 15.5. The van der Waals surface area contributed by atoms with E-state index in [9.17, 15) is 0 Å². The van der Waals surface area contributed by atoms with Crippen LogP contribution in [0.1, 0.15) is 5.69 Å².